The van der Waals surface area contributed by atoms with E-state index in [0.717, 1.165) is 30.9 Å². The zero-order valence-electron chi connectivity index (χ0n) is 15.9. The first-order chi connectivity index (χ1) is 13.6. The Morgan fingerprint density at radius 2 is 2.07 bits per heavy atom. The summed E-state index contributed by atoms with van der Waals surface area (Å²) in [7, 11) is 1.67. The van der Waals surface area contributed by atoms with Gasteiger partial charge in [0.1, 0.15) is 5.82 Å². The third kappa shape index (κ3) is 3.62. The van der Waals surface area contributed by atoms with Crippen molar-refractivity contribution in [2.75, 3.05) is 13.1 Å². The zero-order valence-corrected chi connectivity index (χ0v) is 15.9. The van der Waals surface area contributed by atoms with Crippen molar-refractivity contribution in [2.45, 2.75) is 31.7 Å². The van der Waals surface area contributed by atoms with E-state index in [2.05, 4.69) is 10.1 Å². The lowest BCUT2D eigenvalue weighted by Gasteiger charge is -2.32. The molecule has 8 heteroatoms. The molecule has 0 radical (unpaired) electrons. The van der Waals surface area contributed by atoms with Crippen LogP contribution in [0.1, 0.15) is 31.0 Å². The van der Waals surface area contributed by atoms with E-state index in [0.29, 0.717) is 19.5 Å². The van der Waals surface area contributed by atoms with Gasteiger partial charge in [0.2, 0.25) is 5.91 Å². The second kappa shape index (κ2) is 7.84. The molecule has 146 valence electrons. The molecule has 1 saturated heterocycles. The Morgan fingerprint density at radius 3 is 2.82 bits per heavy atom. The number of hydrogen-bond donors (Lipinski definition) is 0. The minimum atomic E-state index is -0.162. The van der Waals surface area contributed by atoms with Gasteiger partial charge in [-0.1, -0.05) is 18.2 Å². The molecule has 0 aliphatic carbocycles. The molecule has 0 spiro atoms. The number of aromatic nitrogens is 5. The highest BCUT2D eigenvalue weighted by atomic mass is 16.2. The smallest absolute Gasteiger partial charge is 0.342 e. The number of carbonyl (C=O) groups is 1. The van der Waals surface area contributed by atoms with Crippen LogP contribution in [0.4, 0.5) is 0 Å². The maximum absolute atomic E-state index is 12.7. The van der Waals surface area contributed by atoms with E-state index in [4.69, 9.17) is 0 Å². The van der Waals surface area contributed by atoms with Crippen molar-refractivity contribution in [1.82, 2.24) is 28.8 Å². The van der Waals surface area contributed by atoms with Crippen LogP contribution >= 0.6 is 0 Å². The molecule has 1 atom stereocenters. The standard InChI is InChI=1S/C20H24N6O2/c1-23-20(28)26(17-7-3-2-4-8-17)19(22-23)16-6-5-11-25(14-16)18(27)9-12-24-13-10-21-15-24/h2-4,7-8,10,13,15-16H,5-6,9,11-12,14H2,1H3. The van der Waals surface area contributed by atoms with E-state index in [1.807, 2.05) is 46.0 Å². The van der Waals surface area contributed by atoms with Crippen molar-refractivity contribution < 1.29 is 4.79 Å². The molecule has 3 aromatic rings. The zero-order chi connectivity index (χ0) is 19.5. The minimum absolute atomic E-state index is 0.0417. The molecule has 0 saturated carbocycles. The van der Waals surface area contributed by atoms with Crippen LogP contribution in [0.15, 0.2) is 53.8 Å². The van der Waals surface area contributed by atoms with Gasteiger partial charge in [0.05, 0.1) is 12.0 Å². The quantitative estimate of drug-likeness (QED) is 0.673. The molecule has 8 nitrogen and oxygen atoms in total. The summed E-state index contributed by atoms with van der Waals surface area (Å²) < 4.78 is 4.96. The average Bonchev–Trinajstić information content (AvgIpc) is 3.35. The van der Waals surface area contributed by atoms with Crippen LogP contribution in [0.5, 0.6) is 0 Å². The van der Waals surface area contributed by atoms with Crippen LogP contribution in [0.3, 0.4) is 0 Å². The second-order valence-electron chi connectivity index (χ2n) is 7.16. The molecule has 1 amide bonds. The highest BCUT2D eigenvalue weighted by Crippen LogP contribution is 2.27. The Morgan fingerprint density at radius 1 is 1.25 bits per heavy atom. The number of para-hydroxylation sites is 1. The highest BCUT2D eigenvalue weighted by Gasteiger charge is 2.29. The molecule has 2 aromatic heterocycles. The molecule has 1 fully saturated rings. The molecule has 4 rings (SSSR count). The first-order valence-electron chi connectivity index (χ1n) is 9.58. The number of nitrogens with zero attached hydrogens (tertiary/aromatic N) is 6. The van der Waals surface area contributed by atoms with Crippen LogP contribution in [-0.4, -0.2) is 47.8 Å². The number of piperidine rings is 1. The fourth-order valence-corrected chi connectivity index (χ4v) is 3.78. The summed E-state index contributed by atoms with van der Waals surface area (Å²) in [6.45, 7) is 1.96. The van der Waals surface area contributed by atoms with Gasteiger partial charge in [0.15, 0.2) is 0 Å². The van der Waals surface area contributed by atoms with Gasteiger partial charge in [-0.15, -0.1) is 0 Å². The average molecular weight is 380 g/mol. The minimum Gasteiger partial charge on any atom is -0.342 e. The van der Waals surface area contributed by atoms with Crippen molar-refractivity contribution in [3.8, 4) is 5.69 Å². The molecule has 0 bridgehead atoms. The summed E-state index contributed by atoms with van der Waals surface area (Å²) in [5.74, 6) is 0.897. The normalized spacial score (nSPS) is 17.0. The summed E-state index contributed by atoms with van der Waals surface area (Å²) in [5.41, 5.74) is 0.643. The maximum Gasteiger partial charge on any atom is 0.350 e. The Hall–Kier alpha value is -3.16. The van der Waals surface area contributed by atoms with Gasteiger partial charge in [-0.3, -0.25) is 4.79 Å². The van der Waals surface area contributed by atoms with Crippen LogP contribution in [0.25, 0.3) is 5.69 Å². The summed E-state index contributed by atoms with van der Waals surface area (Å²) in [5, 5.41) is 4.51. The summed E-state index contributed by atoms with van der Waals surface area (Å²) >= 11 is 0. The van der Waals surface area contributed by atoms with E-state index in [1.54, 1.807) is 24.1 Å². The second-order valence-corrected chi connectivity index (χ2v) is 7.16. The Kier molecular flexibility index (Phi) is 5.10. The first kappa shape index (κ1) is 18.2. The monoisotopic (exact) mass is 380 g/mol. The van der Waals surface area contributed by atoms with Gasteiger partial charge in [-0.25, -0.2) is 19.0 Å². The fraction of sp³-hybridized carbons (Fsp3) is 0.400. The van der Waals surface area contributed by atoms with Gasteiger partial charge in [-0.05, 0) is 25.0 Å². The van der Waals surface area contributed by atoms with Crippen LogP contribution in [-0.2, 0) is 18.4 Å². The van der Waals surface area contributed by atoms with Gasteiger partial charge in [0, 0.05) is 51.4 Å². The Bertz CT molecular complexity index is 990. The predicted octanol–water partition coefficient (Wildman–Crippen LogP) is 1.56. The number of carbonyl (C=O) groups excluding carboxylic acids is 1. The van der Waals surface area contributed by atoms with Gasteiger partial charge < -0.3 is 9.47 Å². The number of rotatable bonds is 5. The lowest BCUT2D eigenvalue weighted by molar-refractivity contribution is -0.132. The summed E-state index contributed by atoms with van der Waals surface area (Å²) in [6, 6.07) is 9.55. The number of aryl methyl sites for hydroxylation is 2. The fourth-order valence-electron chi connectivity index (χ4n) is 3.78. The van der Waals surface area contributed by atoms with E-state index in [9.17, 15) is 9.59 Å². The number of amides is 1. The SMILES string of the molecule is Cn1nc(C2CCCN(C(=O)CCn3ccnc3)C2)n(-c2ccccc2)c1=O. The van der Waals surface area contributed by atoms with Gasteiger partial charge >= 0.3 is 5.69 Å². The highest BCUT2D eigenvalue weighted by molar-refractivity contribution is 5.76. The van der Waals surface area contributed by atoms with Crippen LogP contribution in [0, 0.1) is 0 Å². The number of likely N-dealkylation sites (tertiary alicyclic amines) is 1. The van der Waals surface area contributed by atoms with E-state index in [-0.39, 0.29) is 17.5 Å². The molecule has 28 heavy (non-hydrogen) atoms. The van der Waals surface area contributed by atoms with Crippen molar-refractivity contribution >= 4 is 5.91 Å². The van der Waals surface area contributed by atoms with E-state index >= 15 is 0 Å². The third-order valence-corrected chi connectivity index (χ3v) is 5.25. The lowest BCUT2D eigenvalue weighted by Crippen LogP contribution is -2.40. The van der Waals surface area contributed by atoms with Crippen molar-refractivity contribution in [2.24, 2.45) is 7.05 Å². The predicted molar refractivity (Wildman–Crippen MR) is 104 cm³/mol. The molecule has 3 heterocycles. The number of hydrogen-bond acceptors (Lipinski definition) is 4. The lowest BCUT2D eigenvalue weighted by atomic mass is 9.96. The number of imidazole rings is 1. The number of benzene rings is 1. The molecule has 1 aliphatic heterocycles. The van der Waals surface area contributed by atoms with Crippen LogP contribution in [0.2, 0.25) is 0 Å². The molecular formula is C20H24N6O2. The first-order valence-corrected chi connectivity index (χ1v) is 9.58. The summed E-state index contributed by atoms with van der Waals surface area (Å²) in [6.07, 6.45) is 7.55. The Balaban J connectivity index is 1.53. The summed E-state index contributed by atoms with van der Waals surface area (Å²) in [4.78, 5) is 31.3. The van der Waals surface area contributed by atoms with Gasteiger partial charge in [0.25, 0.3) is 0 Å². The van der Waals surface area contributed by atoms with Crippen molar-refractivity contribution in [3.63, 3.8) is 0 Å². The van der Waals surface area contributed by atoms with E-state index < -0.39 is 0 Å². The van der Waals surface area contributed by atoms with E-state index in [1.165, 1.54) is 4.68 Å². The van der Waals surface area contributed by atoms with Crippen LogP contribution < -0.4 is 5.69 Å². The molecule has 1 aromatic carbocycles. The molecular weight excluding hydrogens is 356 g/mol. The largest absolute Gasteiger partial charge is 0.350 e. The van der Waals surface area contributed by atoms with Crippen molar-refractivity contribution in [1.29, 1.82) is 0 Å². The molecule has 1 unspecified atom stereocenters. The molecule has 0 N–H and O–H groups in total. The van der Waals surface area contributed by atoms with Crippen molar-refractivity contribution in [3.05, 3.63) is 65.4 Å². The molecule has 1 aliphatic rings. The topological polar surface area (TPSA) is 78.0 Å². The maximum atomic E-state index is 12.7. The third-order valence-electron chi connectivity index (χ3n) is 5.25. The van der Waals surface area contributed by atoms with Gasteiger partial charge in [-0.2, -0.15) is 5.10 Å². The Labute approximate surface area is 163 Å².